The molecule has 0 bridgehead atoms. The number of ether oxygens (including phenoxy) is 2. The molecule has 0 unspecified atom stereocenters. The Balaban J connectivity index is 2.60. The topological polar surface area (TPSA) is 76.0 Å². The maximum Gasteiger partial charge on any atom is 0.186 e. The van der Waals surface area contributed by atoms with Gasteiger partial charge in [0.25, 0.3) is 0 Å². The van der Waals surface area contributed by atoms with Gasteiger partial charge in [-0.2, -0.15) is 0 Å². The van der Waals surface area contributed by atoms with E-state index in [0.29, 0.717) is 6.29 Å². The van der Waals surface area contributed by atoms with E-state index in [9.17, 15) is 4.79 Å². The van der Waals surface area contributed by atoms with Crippen molar-refractivity contribution >= 4 is 6.29 Å². The normalized spacial score (nSPS) is 44.3. The Kier molecular flexibility index (Phi) is 2.56. The van der Waals surface area contributed by atoms with Gasteiger partial charge in [-0.15, -0.1) is 0 Å². The molecule has 0 aromatic heterocycles. The molecule has 1 aliphatic heterocycles. The van der Waals surface area contributed by atoms with Gasteiger partial charge in [0.2, 0.25) is 0 Å². The molecular weight excluding hydrogens is 152 g/mol. The lowest BCUT2D eigenvalue weighted by molar-refractivity contribution is -0.153. The number of hydrogen-bond acceptors (Lipinski definition) is 5. The molecule has 0 aliphatic carbocycles. The average molecular weight is 162 g/mol. The first-order valence-corrected chi connectivity index (χ1v) is 3.20. The Bertz CT molecular complexity index is 148. The van der Waals surface area contributed by atoms with Crippen LogP contribution in [0.4, 0.5) is 0 Å². The molecule has 11 heavy (non-hydrogen) atoms. The third-order valence-corrected chi connectivity index (χ3v) is 1.62. The predicted molar refractivity (Wildman–Crippen MR) is 33.7 cm³/mol. The standard InChI is InChI=1S/C6H10O5/c1-10-6-5(9)4(8)3(2-7)11-6/h2-6,8-9H,1H3/t3-,4-,5-,6-/m0/s1. The molecule has 0 spiro atoms. The minimum atomic E-state index is -1.18. The molecule has 0 saturated carbocycles. The summed E-state index contributed by atoms with van der Waals surface area (Å²) in [5.41, 5.74) is 0. The van der Waals surface area contributed by atoms with Crippen molar-refractivity contribution in [3.8, 4) is 0 Å². The molecule has 1 rings (SSSR count). The molecule has 0 aromatic rings. The van der Waals surface area contributed by atoms with Gasteiger partial charge in [-0.05, 0) is 0 Å². The van der Waals surface area contributed by atoms with Crippen LogP contribution < -0.4 is 0 Å². The Morgan fingerprint density at radius 3 is 2.36 bits per heavy atom. The van der Waals surface area contributed by atoms with Crippen molar-refractivity contribution in [2.24, 2.45) is 0 Å². The lowest BCUT2D eigenvalue weighted by Crippen LogP contribution is -2.33. The second kappa shape index (κ2) is 3.27. The maximum atomic E-state index is 10.2. The van der Waals surface area contributed by atoms with Crippen molar-refractivity contribution in [2.75, 3.05) is 7.11 Å². The number of hydrogen-bond donors (Lipinski definition) is 2. The van der Waals surface area contributed by atoms with Crippen molar-refractivity contribution in [2.45, 2.75) is 24.6 Å². The van der Waals surface area contributed by atoms with Gasteiger partial charge in [0, 0.05) is 7.11 Å². The smallest absolute Gasteiger partial charge is 0.186 e. The highest BCUT2D eigenvalue weighted by Gasteiger charge is 2.42. The molecule has 1 fully saturated rings. The van der Waals surface area contributed by atoms with Crippen LogP contribution in [0, 0.1) is 0 Å². The summed E-state index contributed by atoms with van der Waals surface area (Å²) < 4.78 is 9.43. The summed E-state index contributed by atoms with van der Waals surface area (Å²) in [5, 5.41) is 18.2. The van der Waals surface area contributed by atoms with Crippen molar-refractivity contribution in [3.63, 3.8) is 0 Å². The fraction of sp³-hybridized carbons (Fsp3) is 0.833. The summed E-state index contributed by atoms with van der Waals surface area (Å²) in [6.07, 6.45) is -3.77. The first-order valence-electron chi connectivity index (χ1n) is 3.20. The lowest BCUT2D eigenvalue weighted by atomic mass is 10.1. The van der Waals surface area contributed by atoms with Gasteiger partial charge >= 0.3 is 0 Å². The summed E-state index contributed by atoms with van der Waals surface area (Å²) >= 11 is 0. The monoisotopic (exact) mass is 162 g/mol. The van der Waals surface area contributed by atoms with E-state index in [0.717, 1.165) is 0 Å². The maximum absolute atomic E-state index is 10.2. The van der Waals surface area contributed by atoms with Gasteiger partial charge in [0.1, 0.15) is 18.3 Å². The van der Waals surface area contributed by atoms with Crippen LogP contribution in [0.1, 0.15) is 0 Å². The van der Waals surface area contributed by atoms with E-state index >= 15 is 0 Å². The van der Waals surface area contributed by atoms with E-state index in [2.05, 4.69) is 4.74 Å². The molecule has 4 atom stereocenters. The van der Waals surface area contributed by atoms with Crippen LogP contribution in [0.3, 0.4) is 0 Å². The molecule has 5 nitrogen and oxygen atoms in total. The second-order valence-corrected chi connectivity index (χ2v) is 2.32. The van der Waals surface area contributed by atoms with E-state index in [4.69, 9.17) is 14.9 Å². The molecule has 0 aromatic carbocycles. The van der Waals surface area contributed by atoms with Crippen LogP contribution in [0.25, 0.3) is 0 Å². The predicted octanol–water partition coefficient (Wildman–Crippen LogP) is -1.72. The van der Waals surface area contributed by atoms with Crippen LogP contribution >= 0.6 is 0 Å². The van der Waals surface area contributed by atoms with Gasteiger partial charge in [-0.3, -0.25) is 0 Å². The fourth-order valence-corrected chi connectivity index (χ4v) is 0.979. The molecular formula is C6H10O5. The molecule has 5 heteroatoms. The van der Waals surface area contributed by atoms with E-state index in [-0.39, 0.29) is 0 Å². The largest absolute Gasteiger partial charge is 0.387 e. The zero-order valence-corrected chi connectivity index (χ0v) is 6.01. The van der Waals surface area contributed by atoms with E-state index in [1.165, 1.54) is 7.11 Å². The number of aliphatic hydroxyl groups excluding tert-OH is 2. The number of aldehydes is 1. The molecule has 1 saturated heterocycles. The Labute approximate surface area is 63.5 Å². The van der Waals surface area contributed by atoms with Crippen molar-refractivity contribution in [1.82, 2.24) is 0 Å². The zero-order chi connectivity index (χ0) is 8.43. The third kappa shape index (κ3) is 1.41. The number of carbonyl (C=O) groups excluding carboxylic acids is 1. The highest BCUT2D eigenvalue weighted by molar-refractivity contribution is 5.58. The summed E-state index contributed by atoms with van der Waals surface area (Å²) in [5.74, 6) is 0. The van der Waals surface area contributed by atoms with Crippen molar-refractivity contribution < 1.29 is 24.5 Å². The van der Waals surface area contributed by atoms with Gasteiger partial charge in [0.15, 0.2) is 12.6 Å². The zero-order valence-electron chi connectivity index (χ0n) is 6.01. The Hall–Kier alpha value is -0.490. The highest BCUT2D eigenvalue weighted by atomic mass is 16.7. The second-order valence-electron chi connectivity index (χ2n) is 2.32. The van der Waals surface area contributed by atoms with Gasteiger partial charge in [0.05, 0.1) is 0 Å². The van der Waals surface area contributed by atoms with Gasteiger partial charge in [-0.1, -0.05) is 0 Å². The summed E-state index contributed by atoms with van der Waals surface area (Å²) in [6, 6.07) is 0. The molecule has 0 radical (unpaired) electrons. The van der Waals surface area contributed by atoms with Crippen LogP contribution in [-0.2, 0) is 14.3 Å². The van der Waals surface area contributed by atoms with Crippen LogP contribution in [0.2, 0.25) is 0 Å². The first kappa shape index (κ1) is 8.61. The summed E-state index contributed by atoms with van der Waals surface area (Å²) in [7, 11) is 1.33. The number of aliphatic hydroxyl groups is 2. The molecule has 0 amide bonds. The quantitative estimate of drug-likeness (QED) is 0.472. The van der Waals surface area contributed by atoms with Gasteiger partial charge in [-0.25, -0.2) is 0 Å². The Morgan fingerprint density at radius 2 is 2.09 bits per heavy atom. The third-order valence-electron chi connectivity index (χ3n) is 1.62. The lowest BCUT2D eigenvalue weighted by Gasteiger charge is -2.11. The summed E-state index contributed by atoms with van der Waals surface area (Å²) in [4.78, 5) is 10.2. The molecule has 1 heterocycles. The Morgan fingerprint density at radius 1 is 1.45 bits per heavy atom. The SMILES string of the molecule is CO[C@H]1O[C@@H](C=O)[C@H](O)[C@@H]1O. The van der Waals surface area contributed by atoms with E-state index in [1.807, 2.05) is 0 Å². The number of carbonyl (C=O) groups is 1. The summed E-state index contributed by atoms with van der Waals surface area (Å²) in [6.45, 7) is 0. The molecule has 2 N–H and O–H groups in total. The number of methoxy groups -OCH3 is 1. The van der Waals surface area contributed by atoms with Crippen molar-refractivity contribution in [3.05, 3.63) is 0 Å². The minimum absolute atomic E-state index is 0.437. The van der Waals surface area contributed by atoms with E-state index in [1.54, 1.807) is 0 Å². The minimum Gasteiger partial charge on any atom is -0.387 e. The highest BCUT2D eigenvalue weighted by Crippen LogP contribution is 2.19. The number of rotatable bonds is 2. The molecule has 64 valence electrons. The van der Waals surface area contributed by atoms with Gasteiger partial charge < -0.3 is 24.5 Å². The van der Waals surface area contributed by atoms with Crippen LogP contribution in [0.5, 0.6) is 0 Å². The van der Waals surface area contributed by atoms with E-state index < -0.39 is 24.6 Å². The van der Waals surface area contributed by atoms with Crippen molar-refractivity contribution in [1.29, 1.82) is 0 Å². The first-order chi connectivity index (χ1) is 5.20. The van der Waals surface area contributed by atoms with Crippen LogP contribution in [0.15, 0.2) is 0 Å². The average Bonchev–Trinajstić information content (AvgIpc) is 2.30. The fourth-order valence-electron chi connectivity index (χ4n) is 0.979. The van der Waals surface area contributed by atoms with Crippen LogP contribution in [-0.4, -0.2) is 48.2 Å². The molecule has 1 aliphatic rings.